The van der Waals surface area contributed by atoms with Crippen LogP contribution in [-0.4, -0.2) is 13.1 Å². The maximum atomic E-state index is 3.63. The second-order valence-electron chi connectivity index (χ2n) is 5.90. The second kappa shape index (κ2) is 4.45. The minimum atomic E-state index is 0.660. The van der Waals surface area contributed by atoms with Gasteiger partial charge in [-0.1, -0.05) is 33.6 Å². The highest BCUT2D eigenvalue weighted by Crippen LogP contribution is 2.59. The van der Waals surface area contributed by atoms with Gasteiger partial charge in [-0.15, -0.1) is 0 Å². The van der Waals surface area contributed by atoms with E-state index in [2.05, 4.69) is 26.1 Å². The summed E-state index contributed by atoms with van der Waals surface area (Å²) in [6, 6.07) is 0. The first-order valence-corrected chi connectivity index (χ1v) is 6.93. The molecule has 2 aliphatic rings. The van der Waals surface area contributed by atoms with Crippen molar-refractivity contribution in [1.29, 1.82) is 0 Å². The van der Waals surface area contributed by atoms with Crippen molar-refractivity contribution in [2.75, 3.05) is 13.1 Å². The number of hydrogen-bond acceptors (Lipinski definition) is 1. The van der Waals surface area contributed by atoms with Gasteiger partial charge in [0.05, 0.1) is 0 Å². The van der Waals surface area contributed by atoms with E-state index < -0.39 is 0 Å². The van der Waals surface area contributed by atoms with E-state index in [0.29, 0.717) is 5.41 Å². The van der Waals surface area contributed by atoms with Gasteiger partial charge in [0.1, 0.15) is 0 Å². The van der Waals surface area contributed by atoms with Gasteiger partial charge in [0.15, 0.2) is 0 Å². The lowest BCUT2D eigenvalue weighted by Crippen LogP contribution is -2.43. The molecule has 2 bridgehead atoms. The molecule has 0 radical (unpaired) electrons. The molecule has 2 rings (SSSR count). The van der Waals surface area contributed by atoms with Crippen molar-refractivity contribution in [2.24, 2.45) is 23.2 Å². The van der Waals surface area contributed by atoms with Crippen molar-refractivity contribution in [2.45, 2.75) is 52.9 Å². The lowest BCUT2D eigenvalue weighted by molar-refractivity contribution is 0.0808. The Labute approximate surface area is 95.0 Å². The molecule has 2 fully saturated rings. The minimum Gasteiger partial charge on any atom is -0.316 e. The van der Waals surface area contributed by atoms with Gasteiger partial charge in [-0.25, -0.2) is 0 Å². The molecule has 0 spiro atoms. The van der Waals surface area contributed by atoms with Crippen molar-refractivity contribution in [3.8, 4) is 0 Å². The van der Waals surface area contributed by atoms with Crippen LogP contribution in [0, 0.1) is 23.2 Å². The van der Waals surface area contributed by atoms with Gasteiger partial charge in [0.2, 0.25) is 0 Å². The van der Waals surface area contributed by atoms with Crippen molar-refractivity contribution in [3.05, 3.63) is 0 Å². The molecule has 4 unspecified atom stereocenters. The van der Waals surface area contributed by atoms with Crippen LogP contribution >= 0.6 is 0 Å². The summed E-state index contributed by atoms with van der Waals surface area (Å²) in [5.41, 5.74) is 0.660. The van der Waals surface area contributed by atoms with Crippen LogP contribution < -0.4 is 5.32 Å². The van der Waals surface area contributed by atoms with Gasteiger partial charge in [-0.05, 0) is 49.0 Å². The third kappa shape index (κ3) is 1.84. The summed E-state index contributed by atoms with van der Waals surface area (Å²) in [5, 5.41) is 3.63. The van der Waals surface area contributed by atoms with Gasteiger partial charge >= 0.3 is 0 Å². The first kappa shape index (κ1) is 11.4. The molecule has 88 valence electrons. The standard InChI is InChI=1S/C14H27N/c1-4-11(3)14(10-15-5-2)9-12-6-7-13(14)8-12/h11-13,15H,4-10H2,1-3H3. The largest absolute Gasteiger partial charge is 0.316 e. The van der Waals surface area contributed by atoms with Crippen LogP contribution in [0.5, 0.6) is 0 Å². The van der Waals surface area contributed by atoms with E-state index in [1.54, 1.807) is 0 Å². The molecule has 2 aliphatic carbocycles. The molecule has 0 heterocycles. The zero-order chi connectivity index (χ0) is 10.9. The fourth-order valence-electron chi connectivity index (χ4n) is 4.25. The maximum Gasteiger partial charge on any atom is 0.00130 e. The summed E-state index contributed by atoms with van der Waals surface area (Å²) in [5.74, 6) is 3.02. The number of nitrogens with one attached hydrogen (secondary N) is 1. The Hall–Kier alpha value is -0.0400. The van der Waals surface area contributed by atoms with E-state index in [9.17, 15) is 0 Å². The summed E-state index contributed by atoms with van der Waals surface area (Å²) in [4.78, 5) is 0. The van der Waals surface area contributed by atoms with Crippen LogP contribution in [0.4, 0.5) is 0 Å². The average Bonchev–Trinajstić information content (AvgIpc) is 2.85. The third-order valence-electron chi connectivity index (χ3n) is 5.32. The number of fused-ring (bicyclic) bond motifs is 2. The van der Waals surface area contributed by atoms with Crippen LogP contribution in [0.1, 0.15) is 52.9 Å². The highest BCUT2D eigenvalue weighted by molar-refractivity contribution is 5.03. The van der Waals surface area contributed by atoms with Gasteiger partial charge < -0.3 is 5.32 Å². The molecule has 0 aromatic rings. The van der Waals surface area contributed by atoms with Crippen LogP contribution in [-0.2, 0) is 0 Å². The SMILES string of the molecule is CCNCC1(C(C)CC)CC2CCC1C2. The summed E-state index contributed by atoms with van der Waals surface area (Å²) >= 11 is 0. The Kier molecular flexibility index (Phi) is 3.39. The van der Waals surface area contributed by atoms with E-state index in [1.165, 1.54) is 38.6 Å². The Morgan fingerprint density at radius 1 is 1.33 bits per heavy atom. The van der Waals surface area contributed by atoms with Gasteiger partial charge in [0.25, 0.3) is 0 Å². The lowest BCUT2D eigenvalue weighted by Gasteiger charge is -2.43. The minimum absolute atomic E-state index is 0.660. The van der Waals surface area contributed by atoms with Crippen LogP contribution in [0.2, 0.25) is 0 Å². The molecule has 0 aromatic carbocycles. The first-order valence-electron chi connectivity index (χ1n) is 6.93. The van der Waals surface area contributed by atoms with Crippen molar-refractivity contribution in [1.82, 2.24) is 5.32 Å². The second-order valence-corrected chi connectivity index (χ2v) is 5.90. The van der Waals surface area contributed by atoms with Crippen molar-refractivity contribution < 1.29 is 0 Å². The highest BCUT2D eigenvalue weighted by atomic mass is 14.9. The summed E-state index contributed by atoms with van der Waals surface area (Å²) in [6.07, 6.45) is 7.44. The van der Waals surface area contributed by atoms with E-state index in [-0.39, 0.29) is 0 Å². The molecular formula is C14H27N. The Morgan fingerprint density at radius 2 is 2.13 bits per heavy atom. The molecule has 0 amide bonds. The van der Waals surface area contributed by atoms with E-state index in [0.717, 1.165) is 24.3 Å². The predicted octanol–water partition coefficient (Wildman–Crippen LogP) is 3.45. The Morgan fingerprint density at radius 3 is 2.60 bits per heavy atom. The first-order chi connectivity index (χ1) is 7.23. The smallest absolute Gasteiger partial charge is 0.00130 e. The van der Waals surface area contributed by atoms with Crippen LogP contribution in [0.15, 0.2) is 0 Å². The van der Waals surface area contributed by atoms with E-state index >= 15 is 0 Å². The topological polar surface area (TPSA) is 12.0 Å². The van der Waals surface area contributed by atoms with Gasteiger partial charge in [-0.2, -0.15) is 0 Å². The zero-order valence-electron chi connectivity index (χ0n) is 10.7. The molecule has 15 heavy (non-hydrogen) atoms. The quantitative estimate of drug-likeness (QED) is 0.731. The van der Waals surface area contributed by atoms with E-state index in [4.69, 9.17) is 0 Å². The van der Waals surface area contributed by atoms with Crippen LogP contribution in [0.3, 0.4) is 0 Å². The lowest BCUT2D eigenvalue weighted by atomic mass is 9.64. The fourth-order valence-corrected chi connectivity index (χ4v) is 4.25. The molecular weight excluding hydrogens is 182 g/mol. The van der Waals surface area contributed by atoms with Gasteiger partial charge in [0, 0.05) is 6.54 Å². The van der Waals surface area contributed by atoms with E-state index in [1.807, 2.05) is 0 Å². The Bertz CT molecular complexity index is 213. The molecule has 1 N–H and O–H groups in total. The van der Waals surface area contributed by atoms with Crippen molar-refractivity contribution in [3.63, 3.8) is 0 Å². The third-order valence-corrected chi connectivity index (χ3v) is 5.32. The maximum absolute atomic E-state index is 3.63. The predicted molar refractivity (Wildman–Crippen MR) is 65.9 cm³/mol. The molecule has 0 aliphatic heterocycles. The number of hydrogen-bond donors (Lipinski definition) is 1. The summed E-state index contributed by atoms with van der Waals surface area (Å²) in [7, 11) is 0. The summed E-state index contributed by atoms with van der Waals surface area (Å²) < 4.78 is 0. The number of rotatable bonds is 5. The molecule has 4 atom stereocenters. The molecule has 1 nitrogen and oxygen atoms in total. The summed E-state index contributed by atoms with van der Waals surface area (Å²) in [6.45, 7) is 9.50. The highest BCUT2D eigenvalue weighted by Gasteiger charge is 2.52. The van der Waals surface area contributed by atoms with Gasteiger partial charge in [-0.3, -0.25) is 0 Å². The van der Waals surface area contributed by atoms with Crippen molar-refractivity contribution >= 4 is 0 Å². The molecule has 0 saturated heterocycles. The molecule has 0 aromatic heterocycles. The van der Waals surface area contributed by atoms with Crippen LogP contribution in [0.25, 0.3) is 0 Å². The average molecular weight is 209 g/mol. The monoisotopic (exact) mass is 209 g/mol. The molecule has 1 heteroatoms. The zero-order valence-corrected chi connectivity index (χ0v) is 10.7. The normalized spacial score (nSPS) is 41.0. The molecule has 2 saturated carbocycles. The fraction of sp³-hybridized carbons (Fsp3) is 1.00. The Balaban J connectivity index is 2.09.